The van der Waals surface area contributed by atoms with Crippen molar-refractivity contribution in [1.82, 2.24) is 9.80 Å². The second-order valence-electron chi connectivity index (χ2n) is 4.35. The lowest BCUT2D eigenvalue weighted by Crippen LogP contribution is -2.40. The van der Waals surface area contributed by atoms with E-state index in [4.69, 9.17) is 0 Å². The molecule has 2 amide bonds. The Kier molecular flexibility index (Phi) is 4.63. The predicted octanol–water partition coefficient (Wildman–Crippen LogP) is 1.69. The van der Waals surface area contributed by atoms with Gasteiger partial charge >= 0.3 is 0 Å². The first-order valence-corrected chi connectivity index (χ1v) is 7.07. The van der Waals surface area contributed by atoms with Crippen LogP contribution in [0.2, 0.25) is 0 Å². The molecule has 1 aromatic rings. The number of amides is 2. The van der Waals surface area contributed by atoms with Gasteiger partial charge in [0.2, 0.25) is 11.8 Å². The number of carbonyl (C=O) groups is 2. The second kappa shape index (κ2) is 6.43. The van der Waals surface area contributed by atoms with E-state index in [2.05, 4.69) is 0 Å². The molecule has 0 aromatic heterocycles. The van der Waals surface area contributed by atoms with Crippen molar-refractivity contribution in [3.8, 4) is 0 Å². The lowest BCUT2D eigenvalue weighted by atomic mass is 10.2. The molecule has 1 heterocycles. The van der Waals surface area contributed by atoms with E-state index in [1.807, 2.05) is 35.7 Å². The maximum atomic E-state index is 12.1. The number of nitrogens with zero attached hydrogens (tertiary/aromatic N) is 2. The van der Waals surface area contributed by atoms with Crippen LogP contribution in [0, 0.1) is 0 Å². The fraction of sp³-hybridized carbons (Fsp3) is 0.286. The van der Waals surface area contributed by atoms with Gasteiger partial charge in [0.15, 0.2) is 0 Å². The van der Waals surface area contributed by atoms with Gasteiger partial charge in [-0.1, -0.05) is 30.3 Å². The van der Waals surface area contributed by atoms with Gasteiger partial charge in [-0.15, -0.1) is 11.8 Å². The van der Waals surface area contributed by atoms with E-state index in [0.717, 1.165) is 5.56 Å². The van der Waals surface area contributed by atoms with Crippen LogP contribution in [0.5, 0.6) is 0 Å². The molecule has 5 heteroatoms. The highest BCUT2D eigenvalue weighted by Gasteiger charge is 2.19. The van der Waals surface area contributed by atoms with Gasteiger partial charge < -0.3 is 9.80 Å². The van der Waals surface area contributed by atoms with Crippen LogP contribution in [-0.4, -0.2) is 41.0 Å². The molecule has 4 nitrogen and oxygen atoms in total. The molecule has 0 spiro atoms. The number of thioether (sulfide) groups is 1. The van der Waals surface area contributed by atoms with E-state index in [-0.39, 0.29) is 18.4 Å². The van der Waals surface area contributed by atoms with Crippen molar-refractivity contribution < 1.29 is 9.59 Å². The van der Waals surface area contributed by atoms with Gasteiger partial charge in [-0.2, -0.15) is 0 Å². The zero-order chi connectivity index (χ0) is 13.7. The molecular formula is C14H16N2O2S. The molecule has 0 saturated heterocycles. The number of rotatable bonds is 4. The minimum atomic E-state index is -0.0613. The van der Waals surface area contributed by atoms with Crippen molar-refractivity contribution in [2.45, 2.75) is 6.54 Å². The Bertz CT molecular complexity index is 487. The van der Waals surface area contributed by atoms with Crippen LogP contribution >= 0.6 is 11.8 Å². The molecule has 19 heavy (non-hydrogen) atoms. The quantitative estimate of drug-likeness (QED) is 0.840. The van der Waals surface area contributed by atoms with E-state index in [1.54, 1.807) is 18.1 Å². The summed E-state index contributed by atoms with van der Waals surface area (Å²) in [4.78, 5) is 26.8. The van der Waals surface area contributed by atoms with Crippen molar-refractivity contribution >= 4 is 23.6 Å². The first kappa shape index (κ1) is 13.7. The summed E-state index contributed by atoms with van der Waals surface area (Å²) in [7, 11) is 1.75. The molecular weight excluding hydrogens is 260 g/mol. The fourth-order valence-corrected chi connectivity index (χ4v) is 2.39. The molecule has 1 aliphatic heterocycles. The van der Waals surface area contributed by atoms with Gasteiger partial charge in [0, 0.05) is 19.8 Å². The third-order valence-electron chi connectivity index (χ3n) is 2.86. The van der Waals surface area contributed by atoms with Crippen molar-refractivity contribution in [1.29, 1.82) is 0 Å². The Morgan fingerprint density at radius 3 is 2.79 bits per heavy atom. The number of hydrogen-bond acceptors (Lipinski definition) is 3. The Morgan fingerprint density at radius 2 is 2.11 bits per heavy atom. The smallest absolute Gasteiger partial charge is 0.242 e. The monoisotopic (exact) mass is 276 g/mol. The summed E-state index contributed by atoms with van der Waals surface area (Å²) in [5.41, 5.74) is 1.08. The third-order valence-corrected chi connectivity index (χ3v) is 3.59. The molecule has 100 valence electrons. The van der Waals surface area contributed by atoms with Crippen molar-refractivity contribution in [3.05, 3.63) is 47.5 Å². The van der Waals surface area contributed by atoms with E-state index in [9.17, 15) is 9.59 Å². The van der Waals surface area contributed by atoms with Crippen molar-refractivity contribution in [2.24, 2.45) is 0 Å². The number of hydrogen-bond donors (Lipinski definition) is 0. The topological polar surface area (TPSA) is 40.6 Å². The molecule has 0 saturated carbocycles. The maximum Gasteiger partial charge on any atom is 0.242 e. The lowest BCUT2D eigenvalue weighted by Gasteiger charge is -2.24. The Labute approximate surface area is 117 Å². The molecule has 2 rings (SSSR count). The van der Waals surface area contributed by atoms with Crippen LogP contribution in [0.1, 0.15) is 5.56 Å². The van der Waals surface area contributed by atoms with Gasteiger partial charge in [0.05, 0.1) is 5.75 Å². The van der Waals surface area contributed by atoms with E-state index in [1.165, 1.54) is 16.7 Å². The van der Waals surface area contributed by atoms with Crippen LogP contribution in [0.4, 0.5) is 0 Å². The number of likely N-dealkylation sites (N-methyl/N-ethyl adjacent to an activating group) is 1. The minimum absolute atomic E-state index is 0.0195. The molecule has 0 atom stereocenters. The number of carbonyl (C=O) groups excluding carboxylic acids is 2. The minimum Gasteiger partial charge on any atom is -0.340 e. The molecule has 0 aliphatic carbocycles. The zero-order valence-corrected chi connectivity index (χ0v) is 11.6. The Hall–Kier alpha value is -1.75. The van der Waals surface area contributed by atoms with Crippen LogP contribution in [0.15, 0.2) is 41.9 Å². The predicted molar refractivity (Wildman–Crippen MR) is 76.2 cm³/mol. The average molecular weight is 276 g/mol. The molecule has 0 bridgehead atoms. The second-order valence-corrected chi connectivity index (χ2v) is 5.25. The first-order valence-electron chi connectivity index (χ1n) is 6.02. The normalized spacial score (nSPS) is 14.6. The molecule has 1 aliphatic rings. The number of benzene rings is 1. The van der Waals surface area contributed by atoms with Gasteiger partial charge in [-0.05, 0) is 11.0 Å². The summed E-state index contributed by atoms with van der Waals surface area (Å²) in [6.07, 6.45) is 1.67. The van der Waals surface area contributed by atoms with Crippen LogP contribution in [-0.2, 0) is 16.1 Å². The zero-order valence-electron chi connectivity index (χ0n) is 10.8. The average Bonchev–Trinajstić information content (AvgIpc) is 2.42. The van der Waals surface area contributed by atoms with E-state index in [0.29, 0.717) is 12.3 Å². The summed E-state index contributed by atoms with van der Waals surface area (Å²) >= 11 is 1.45. The summed E-state index contributed by atoms with van der Waals surface area (Å²) in [5.74, 6) is 0.328. The van der Waals surface area contributed by atoms with Gasteiger partial charge in [0.1, 0.15) is 6.54 Å². The largest absolute Gasteiger partial charge is 0.340 e. The van der Waals surface area contributed by atoms with Crippen molar-refractivity contribution in [2.75, 3.05) is 19.3 Å². The standard InChI is InChI=1S/C14H16N2O2S/c1-15(9-12-5-3-2-4-6-12)13(17)10-16-7-8-19-11-14(16)18/h2-8H,9-11H2,1H3. The highest BCUT2D eigenvalue weighted by atomic mass is 32.2. The SMILES string of the molecule is CN(Cc1ccccc1)C(=O)CN1C=CSCC1=O. The van der Waals surface area contributed by atoms with Crippen molar-refractivity contribution in [3.63, 3.8) is 0 Å². The Morgan fingerprint density at radius 1 is 1.37 bits per heavy atom. The maximum absolute atomic E-state index is 12.1. The van der Waals surface area contributed by atoms with Gasteiger partial charge in [0.25, 0.3) is 0 Å². The van der Waals surface area contributed by atoms with Crippen LogP contribution in [0.3, 0.4) is 0 Å². The van der Waals surface area contributed by atoms with Crippen LogP contribution < -0.4 is 0 Å². The molecule has 1 aromatic carbocycles. The first-order chi connectivity index (χ1) is 9.16. The van der Waals surface area contributed by atoms with E-state index < -0.39 is 0 Å². The molecule has 0 radical (unpaired) electrons. The fourth-order valence-electron chi connectivity index (χ4n) is 1.75. The summed E-state index contributed by atoms with van der Waals surface area (Å²) in [6.45, 7) is 0.666. The highest BCUT2D eigenvalue weighted by Crippen LogP contribution is 2.12. The Balaban J connectivity index is 1.90. The summed E-state index contributed by atoms with van der Waals surface area (Å²) in [6, 6.07) is 9.79. The highest BCUT2D eigenvalue weighted by molar-refractivity contribution is 8.02. The van der Waals surface area contributed by atoms with Crippen LogP contribution in [0.25, 0.3) is 0 Å². The lowest BCUT2D eigenvalue weighted by molar-refractivity contribution is -0.136. The summed E-state index contributed by atoms with van der Waals surface area (Å²) < 4.78 is 0. The third kappa shape index (κ3) is 3.86. The van der Waals surface area contributed by atoms with Gasteiger partial charge in [-0.3, -0.25) is 9.59 Å². The molecule has 0 unspecified atom stereocenters. The van der Waals surface area contributed by atoms with Gasteiger partial charge in [-0.25, -0.2) is 0 Å². The van der Waals surface area contributed by atoms with E-state index >= 15 is 0 Å². The summed E-state index contributed by atoms with van der Waals surface area (Å²) in [5, 5.41) is 1.84. The molecule has 0 fully saturated rings. The molecule has 0 N–H and O–H groups in total.